The second kappa shape index (κ2) is 4.60. The first-order valence-electron chi connectivity index (χ1n) is 5.51. The Morgan fingerprint density at radius 2 is 2.29 bits per heavy atom. The fraction of sp³-hybridized carbons (Fsp3) is 0.700. The molecule has 2 heterocycles. The lowest BCUT2D eigenvalue weighted by atomic mass is 9.97. The number of carboxylic acid groups (broad SMARTS) is 1. The SMILES string of the molecule is O=C1NCC(CN2CC(C(=O)O)CCC2=O)O1. The summed E-state index contributed by atoms with van der Waals surface area (Å²) in [7, 11) is 0. The molecule has 2 saturated heterocycles. The van der Waals surface area contributed by atoms with Gasteiger partial charge in [-0.25, -0.2) is 4.79 Å². The van der Waals surface area contributed by atoms with Crippen LogP contribution in [0.15, 0.2) is 0 Å². The molecule has 2 fully saturated rings. The minimum Gasteiger partial charge on any atom is -0.481 e. The van der Waals surface area contributed by atoms with Crippen LogP contribution < -0.4 is 5.32 Å². The Bertz CT molecular complexity index is 357. The van der Waals surface area contributed by atoms with Crippen molar-refractivity contribution in [1.82, 2.24) is 10.2 Å². The third kappa shape index (κ3) is 2.66. The lowest BCUT2D eigenvalue weighted by Crippen LogP contribution is -2.46. The lowest BCUT2D eigenvalue weighted by Gasteiger charge is -2.31. The Morgan fingerprint density at radius 3 is 2.88 bits per heavy atom. The number of piperidine rings is 1. The number of hydrogen-bond acceptors (Lipinski definition) is 4. The highest BCUT2D eigenvalue weighted by atomic mass is 16.6. The van der Waals surface area contributed by atoms with Crippen molar-refractivity contribution in [2.45, 2.75) is 18.9 Å². The summed E-state index contributed by atoms with van der Waals surface area (Å²) >= 11 is 0. The number of cyclic esters (lactones) is 1. The van der Waals surface area contributed by atoms with Crippen molar-refractivity contribution >= 4 is 18.0 Å². The quantitative estimate of drug-likeness (QED) is 0.690. The Hall–Kier alpha value is -1.79. The molecule has 7 heteroatoms. The maximum atomic E-state index is 11.6. The number of carboxylic acids is 1. The minimum atomic E-state index is -0.885. The summed E-state index contributed by atoms with van der Waals surface area (Å²) in [4.78, 5) is 34.7. The van der Waals surface area contributed by atoms with E-state index in [0.717, 1.165) is 0 Å². The van der Waals surface area contributed by atoms with Crippen LogP contribution >= 0.6 is 0 Å². The van der Waals surface area contributed by atoms with Crippen LogP contribution in [-0.2, 0) is 14.3 Å². The highest BCUT2D eigenvalue weighted by Crippen LogP contribution is 2.18. The van der Waals surface area contributed by atoms with Crippen LogP contribution in [0.1, 0.15) is 12.8 Å². The zero-order chi connectivity index (χ0) is 12.4. The first-order chi connectivity index (χ1) is 8.06. The van der Waals surface area contributed by atoms with Gasteiger partial charge in [-0.1, -0.05) is 0 Å². The fourth-order valence-corrected chi connectivity index (χ4v) is 2.07. The molecule has 0 bridgehead atoms. The molecule has 2 rings (SSSR count). The van der Waals surface area contributed by atoms with Gasteiger partial charge in [-0.15, -0.1) is 0 Å². The number of carbonyl (C=O) groups excluding carboxylic acids is 2. The van der Waals surface area contributed by atoms with Gasteiger partial charge in [0.2, 0.25) is 5.91 Å². The Labute approximate surface area is 97.7 Å². The van der Waals surface area contributed by atoms with Crippen LogP contribution in [0, 0.1) is 5.92 Å². The smallest absolute Gasteiger partial charge is 0.407 e. The summed E-state index contributed by atoms with van der Waals surface area (Å²) in [5.41, 5.74) is 0. The summed E-state index contributed by atoms with van der Waals surface area (Å²) < 4.78 is 4.92. The van der Waals surface area contributed by atoms with Gasteiger partial charge in [0.25, 0.3) is 0 Å². The van der Waals surface area contributed by atoms with E-state index in [1.807, 2.05) is 0 Å². The van der Waals surface area contributed by atoms with Crippen LogP contribution in [0.4, 0.5) is 4.79 Å². The van der Waals surface area contributed by atoms with Gasteiger partial charge in [-0.2, -0.15) is 0 Å². The van der Waals surface area contributed by atoms with E-state index in [-0.39, 0.29) is 31.5 Å². The number of alkyl carbamates (subject to hydrolysis) is 1. The molecule has 2 amide bonds. The summed E-state index contributed by atoms with van der Waals surface area (Å²) in [5.74, 6) is -1.48. The zero-order valence-corrected chi connectivity index (χ0v) is 9.22. The van der Waals surface area contributed by atoms with E-state index in [1.54, 1.807) is 0 Å². The van der Waals surface area contributed by atoms with Gasteiger partial charge in [0.05, 0.1) is 19.0 Å². The molecule has 17 heavy (non-hydrogen) atoms. The molecule has 7 nitrogen and oxygen atoms in total. The van der Waals surface area contributed by atoms with Crippen molar-refractivity contribution < 1.29 is 24.2 Å². The number of nitrogens with one attached hydrogen (secondary N) is 1. The molecule has 0 radical (unpaired) electrons. The van der Waals surface area contributed by atoms with Crippen molar-refractivity contribution in [2.75, 3.05) is 19.6 Å². The van der Waals surface area contributed by atoms with Crippen LogP contribution in [-0.4, -0.2) is 53.7 Å². The van der Waals surface area contributed by atoms with Gasteiger partial charge >= 0.3 is 12.1 Å². The standard InChI is InChI=1S/C10H14N2O5/c13-8-2-1-6(9(14)15)4-12(8)5-7-3-11-10(16)17-7/h6-7H,1-5H2,(H,11,16)(H,14,15). The molecule has 2 N–H and O–H groups in total. The summed E-state index contributed by atoms with van der Waals surface area (Å²) in [6.45, 7) is 0.823. The minimum absolute atomic E-state index is 0.0783. The number of rotatable bonds is 3. The van der Waals surface area contributed by atoms with Crippen molar-refractivity contribution in [3.05, 3.63) is 0 Å². The van der Waals surface area contributed by atoms with Gasteiger partial charge in [0.1, 0.15) is 6.10 Å². The van der Waals surface area contributed by atoms with Crippen molar-refractivity contribution in [3.8, 4) is 0 Å². The molecule has 0 saturated carbocycles. The number of hydrogen-bond donors (Lipinski definition) is 2. The normalized spacial score (nSPS) is 28.8. The van der Waals surface area contributed by atoms with Gasteiger partial charge in [0, 0.05) is 13.0 Å². The average molecular weight is 242 g/mol. The van der Waals surface area contributed by atoms with Crippen LogP contribution in [0.3, 0.4) is 0 Å². The number of carbonyl (C=O) groups is 3. The number of amides is 2. The maximum Gasteiger partial charge on any atom is 0.407 e. The monoisotopic (exact) mass is 242 g/mol. The number of ether oxygens (including phenoxy) is 1. The second-order valence-electron chi connectivity index (χ2n) is 4.28. The largest absolute Gasteiger partial charge is 0.481 e. The topological polar surface area (TPSA) is 95.9 Å². The van der Waals surface area contributed by atoms with E-state index in [1.165, 1.54) is 4.90 Å². The molecule has 2 atom stereocenters. The number of aliphatic carboxylic acids is 1. The van der Waals surface area contributed by atoms with Crippen molar-refractivity contribution in [1.29, 1.82) is 0 Å². The second-order valence-corrected chi connectivity index (χ2v) is 4.28. The number of likely N-dealkylation sites (tertiary alicyclic amines) is 1. The predicted molar refractivity (Wildman–Crippen MR) is 55.2 cm³/mol. The summed E-state index contributed by atoms with van der Waals surface area (Å²) in [6.07, 6.45) is -0.244. The van der Waals surface area contributed by atoms with E-state index in [9.17, 15) is 14.4 Å². The third-order valence-electron chi connectivity index (χ3n) is 3.02. The molecule has 0 aromatic heterocycles. The molecule has 0 aromatic carbocycles. The maximum absolute atomic E-state index is 11.6. The van der Waals surface area contributed by atoms with Crippen molar-refractivity contribution in [3.63, 3.8) is 0 Å². The molecule has 0 spiro atoms. The van der Waals surface area contributed by atoms with Gasteiger partial charge < -0.3 is 20.1 Å². The molecule has 0 aromatic rings. The van der Waals surface area contributed by atoms with E-state index in [2.05, 4.69) is 5.32 Å². The molecular weight excluding hydrogens is 228 g/mol. The van der Waals surface area contributed by atoms with E-state index < -0.39 is 18.0 Å². The fourth-order valence-electron chi connectivity index (χ4n) is 2.07. The molecule has 2 aliphatic rings. The Morgan fingerprint density at radius 1 is 1.53 bits per heavy atom. The Balaban J connectivity index is 1.91. The Kier molecular flexibility index (Phi) is 3.16. The summed E-state index contributed by atoms with van der Waals surface area (Å²) in [5, 5.41) is 11.4. The van der Waals surface area contributed by atoms with Crippen molar-refractivity contribution in [2.24, 2.45) is 5.92 Å². The van der Waals surface area contributed by atoms with E-state index in [4.69, 9.17) is 9.84 Å². The van der Waals surface area contributed by atoms with Crippen LogP contribution in [0.2, 0.25) is 0 Å². The van der Waals surface area contributed by atoms with E-state index >= 15 is 0 Å². The molecule has 2 aliphatic heterocycles. The van der Waals surface area contributed by atoms with Gasteiger partial charge in [0.15, 0.2) is 0 Å². The molecule has 0 aliphatic carbocycles. The first-order valence-corrected chi connectivity index (χ1v) is 5.51. The zero-order valence-electron chi connectivity index (χ0n) is 9.22. The molecule has 94 valence electrons. The molecule has 2 unspecified atom stereocenters. The van der Waals surface area contributed by atoms with Gasteiger partial charge in [-0.3, -0.25) is 9.59 Å². The van der Waals surface area contributed by atoms with Crippen LogP contribution in [0.5, 0.6) is 0 Å². The third-order valence-corrected chi connectivity index (χ3v) is 3.02. The van der Waals surface area contributed by atoms with Gasteiger partial charge in [-0.05, 0) is 6.42 Å². The highest BCUT2D eigenvalue weighted by molar-refractivity contribution is 5.80. The van der Waals surface area contributed by atoms with E-state index in [0.29, 0.717) is 13.0 Å². The lowest BCUT2D eigenvalue weighted by molar-refractivity contribution is -0.148. The van der Waals surface area contributed by atoms with Crippen LogP contribution in [0.25, 0.3) is 0 Å². The average Bonchev–Trinajstić information content (AvgIpc) is 2.67. The predicted octanol–water partition coefficient (Wildman–Crippen LogP) is -0.582. The highest BCUT2D eigenvalue weighted by Gasteiger charge is 2.33. The first kappa shape index (κ1) is 11.7. The molecular formula is C10H14N2O5. The summed E-state index contributed by atoms with van der Waals surface area (Å²) in [6, 6.07) is 0. The number of nitrogens with zero attached hydrogens (tertiary/aromatic N) is 1.